The minimum absolute atomic E-state index is 0.0514. The van der Waals surface area contributed by atoms with Crippen LogP contribution in [0, 0.1) is 11.3 Å². The fraction of sp³-hybridized carbons (Fsp3) is 0.741. The van der Waals surface area contributed by atoms with Crippen LogP contribution in [0.2, 0.25) is 0 Å². The molecule has 4 rings (SSSR count). The van der Waals surface area contributed by atoms with Crippen molar-refractivity contribution in [3.63, 3.8) is 0 Å². The highest BCUT2D eigenvalue weighted by molar-refractivity contribution is 5.81. The van der Waals surface area contributed by atoms with E-state index in [4.69, 9.17) is 9.47 Å². The molecule has 0 bridgehead atoms. The molecule has 2 N–H and O–H groups in total. The van der Waals surface area contributed by atoms with E-state index in [1.165, 1.54) is 19.3 Å². The molecule has 33 heavy (non-hydrogen) atoms. The standard InChI is InChI=1S/C27H41NO5/c1-18(29)27(2)17-28(26(31)25(30)19-9-5-4-6-10-19)16-22(27)20-13-14-23(32-3)24(15-20)33-21-11-7-8-12-21/h13-15,18-19,21-22,25,29-30H,4-12,16-17H2,1-3H3/t18?,22-,25-,27-/m0/s1. The largest absolute Gasteiger partial charge is 0.493 e. The van der Waals surface area contributed by atoms with Gasteiger partial charge in [0.1, 0.15) is 6.10 Å². The van der Waals surface area contributed by atoms with E-state index in [9.17, 15) is 15.0 Å². The number of hydrogen-bond donors (Lipinski definition) is 2. The van der Waals surface area contributed by atoms with Gasteiger partial charge in [-0.3, -0.25) is 4.79 Å². The van der Waals surface area contributed by atoms with Crippen LogP contribution < -0.4 is 9.47 Å². The molecule has 1 unspecified atom stereocenters. The van der Waals surface area contributed by atoms with Gasteiger partial charge in [0, 0.05) is 24.4 Å². The van der Waals surface area contributed by atoms with Gasteiger partial charge in [-0.25, -0.2) is 0 Å². The summed E-state index contributed by atoms with van der Waals surface area (Å²) in [4.78, 5) is 15.1. The number of rotatable bonds is 7. The van der Waals surface area contributed by atoms with Crippen molar-refractivity contribution in [3.8, 4) is 11.5 Å². The summed E-state index contributed by atoms with van der Waals surface area (Å²) < 4.78 is 11.9. The Labute approximate surface area is 198 Å². The third kappa shape index (κ3) is 5.02. The maximum Gasteiger partial charge on any atom is 0.251 e. The molecule has 4 atom stereocenters. The quantitative estimate of drug-likeness (QED) is 0.637. The van der Waals surface area contributed by atoms with Gasteiger partial charge in [-0.05, 0) is 69.1 Å². The monoisotopic (exact) mass is 459 g/mol. The van der Waals surface area contributed by atoms with Crippen molar-refractivity contribution in [2.24, 2.45) is 11.3 Å². The first kappa shape index (κ1) is 24.3. The SMILES string of the molecule is COc1ccc([C@@H]2CN(C(=O)[C@@H](O)C3CCCCC3)C[C@@]2(C)C(C)O)cc1OC1CCCC1. The number of methoxy groups -OCH3 is 1. The summed E-state index contributed by atoms with van der Waals surface area (Å²) in [6.07, 6.45) is 8.34. The Morgan fingerprint density at radius 3 is 2.36 bits per heavy atom. The zero-order chi connectivity index (χ0) is 23.6. The van der Waals surface area contributed by atoms with E-state index in [0.717, 1.165) is 49.8 Å². The van der Waals surface area contributed by atoms with Gasteiger partial charge in [0.25, 0.3) is 5.91 Å². The molecule has 2 aliphatic carbocycles. The molecule has 6 heteroatoms. The molecule has 1 aromatic rings. The molecule has 184 valence electrons. The van der Waals surface area contributed by atoms with Crippen molar-refractivity contribution in [3.05, 3.63) is 23.8 Å². The zero-order valence-corrected chi connectivity index (χ0v) is 20.5. The molecule has 3 aliphatic rings. The normalized spacial score (nSPS) is 28.6. The molecule has 1 aromatic carbocycles. The van der Waals surface area contributed by atoms with Crippen molar-refractivity contribution in [1.29, 1.82) is 0 Å². The summed E-state index contributed by atoms with van der Waals surface area (Å²) in [5, 5.41) is 21.6. The second kappa shape index (κ2) is 10.2. The predicted octanol–water partition coefficient (Wildman–Crippen LogP) is 4.27. The molecule has 6 nitrogen and oxygen atoms in total. The lowest BCUT2D eigenvalue weighted by Gasteiger charge is -2.34. The van der Waals surface area contributed by atoms with Crippen molar-refractivity contribution in [2.75, 3.05) is 20.2 Å². The maximum absolute atomic E-state index is 13.3. The van der Waals surface area contributed by atoms with E-state index < -0.39 is 17.6 Å². The fourth-order valence-electron chi connectivity index (χ4n) is 6.12. The van der Waals surface area contributed by atoms with E-state index in [1.807, 2.05) is 25.1 Å². The molecular formula is C27H41NO5. The van der Waals surface area contributed by atoms with Crippen LogP contribution in [0.4, 0.5) is 0 Å². The first-order valence-corrected chi connectivity index (χ1v) is 12.8. The molecule has 1 aliphatic heterocycles. The van der Waals surface area contributed by atoms with Crippen LogP contribution >= 0.6 is 0 Å². The lowest BCUT2D eigenvalue weighted by molar-refractivity contribution is -0.143. The van der Waals surface area contributed by atoms with Crippen molar-refractivity contribution in [1.82, 2.24) is 4.90 Å². The van der Waals surface area contributed by atoms with Crippen LogP contribution in [0.1, 0.15) is 83.1 Å². The molecule has 0 radical (unpaired) electrons. The fourth-order valence-corrected chi connectivity index (χ4v) is 6.12. The summed E-state index contributed by atoms with van der Waals surface area (Å²) in [5.41, 5.74) is 0.524. The number of hydrogen-bond acceptors (Lipinski definition) is 5. The third-order valence-electron chi connectivity index (χ3n) is 8.53. The van der Waals surface area contributed by atoms with Gasteiger partial charge in [-0.2, -0.15) is 0 Å². The maximum atomic E-state index is 13.3. The molecule has 3 fully saturated rings. The Kier molecular flexibility index (Phi) is 7.54. The topological polar surface area (TPSA) is 79.2 Å². The van der Waals surface area contributed by atoms with E-state index in [0.29, 0.717) is 18.8 Å². The van der Waals surface area contributed by atoms with Crippen LogP contribution in [0.15, 0.2) is 18.2 Å². The highest BCUT2D eigenvalue weighted by Gasteiger charge is 2.49. The second-order valence-electron chi connectivity index (χ2n) is 10.7. The minimum atomic E-state index is -0.945. The van der Waals surface area contributed by atoms with E-state index in [1.54, 1.807) is 18.9 Å². The highest BCUT2D eigenvalue weighted by atomic mass is 16.5. The molecule has 1 heterocycles. The molecule has 2 saturated carbocycles. The molecule has 0 aromatic heterocycles. The van der Waals surface area contributed by atoms with Crippen LogP contribution in [0.3, 0.4) is 0 Å². The van der Waals surface area contributed by atoms with Gasteiger partial charge in [-0.1, -0.05) is 32.3 Å². The summed E-state index contributed by atoms with van der Waals surface area (Å²) >= 11 is 0. The summed E-state index contributed by atoms with van der Waals surface area (Å²) in [6, 6.07) is 5.99. The molecule has 1 amide bonds. The van der Waals surface area contributed by atoms with E-state index in [-0.39, 0.29) is 23.8 Å². The summed E-state index contributed by atoms with van der Waals surface area (Å²) in [5.74, 6) is 1.25. The Balaban J connectivity index is 1.57. The third-order valence-corrected chi connectivity index (χ3v) is 8.53. The number of nitrogens with zero attached hydrogens (tertiary/aromatic N) is 1. The first-order chi connectivity index (χ1) is 15.8. The number of carbonyl (C=O) groups excluding carboxylic acids is 1. The number of likely N-dealkylation sites (tertiary alicyclic amines) is 1. The molecule has 1 saturated heterocycles. The number of amides is 1. The van der Waals surface area contributed by atoms with E-state index in [2.05, 4.69) is 0 Å². The number of ether oxygens (including phenoxy) is 2. The van der Waals surface area contributed by atoms with Crippen molar-refractivity contribution < 1.29 is 24.5 Å². The number of benzene rings is 1. The van der Waals surface area contributed by atoms with Crippen LogP contribution in [-0.2, 0) is 4.79 Å². The highest BCUT2D eigenvalue weighted by Crippen LogP contribution is 2.47. The van der Waals surface area contributed by atoms with E-state index >= 15 is 0 Å². The second-order valence-corrected chi connectivity index (χ2v) is 10.7. The van der Waals surface area contributed by atoms with Crippen LogP contribution in [-0.4, -0.2) is 59.5 Å². The Bertz CT molecular complexity index is 815. The number of aliphatic hydroxyl groups is 2. The van der Waals surface area contributed by atoms with Crippen molar-refractivity contribution in [2.45, 2.75) is 95.9 Å². The summed E-state index contributed by atoms with van der Waals surface area (Å²) in [6.45, 7) is 4.77. The van der Waals surface area contributed by atoms with Crippen molar-refractivity contribution >= 4 is 5.91 Å². The Morgan fingerprint density at radius 2 is 1.73 bits per heavy atom. The number of aliphatic hydroxyl groups excluding tert-OH is 2. The lowest BCUT2D eigenvalue weighted by Crippen LogP contribution is -2.44. The first-order valence-electron chi connectivity index (χ1n) is 12.8. The van der Waals surface area contributed by atoms with Gasteiger partial charge in [0.2, 0.25) is 0 Å². The molecule has 0 spiro atoms. The average Bonchev–Trinajstić information content (AvgIpc) is 3.47. The Morgan fingerprint density at radius 1 is 1.06 bits per heavy atom. The van der Waals surface area contributed by atoms with Gasteiger partial charge >= 0.3 is 0 Å². The van der Waals surface area contributed by atoms with Gasteiger partial charge < -0.3 is 24.6 Å². The van der Waals surface area contributed by atoms with Crippen LogP contribution in [0.5, 0.6) is 11.5 Å². The summed E-state index contributed by atoms with van der Waals surface area (Å²) in [7, 11) is 1.65. The smallest absolute Gasteiger partial charge is 0.251 e. The zero-order valence-electron chi connectivity index (χ0n) is 20.5. The number of carbonyl (C=O) groups is 1. The lowest BCUT2D eigenvalue weighted by atomic mass is 9.72. The van der Waals surface area contributed by atoms with Gasteiger partial charge in [-0.15, -0.1) is 0 Å². The average molecular weight is 460 g/mol. The minimum Gasteiger partial charge on any atom is -0.493 e. The molecular weight excluding hydrogens is 418 g/mol. The van der Waals surface area contributed by atoms with Gasteiger partial charge in [0.05, 0.1) is 19.3 Å². The Hall–Kier alpha value is -1.79. The van der Waals surface area contributed by atoms with Crippen LogP contribution in [0.25, 0.3) is 0 Å². The predicted molar refractivity (Wildman–Crippen MR) is 128 cm³/mol. The van der Waals surface area contributed by atoms with Gasteiger partial charge in [0.15, 0.2) is 11.5 Å².